The van der Waals surface area contributed by atoms with Gasteiger partial charge in [-0.3, -0.25) is 9.69 Å². The Hall–Kier alpha value is -0.410. The van der Waals surface area contributed by atoms with Gasteiger partial charge in [0, 0.05) is 44.1 Å². The number of likely N-dealkylation sites (tertiary alicyclic amines) is 1. The zero-order valence-corrected chi connectivity index (χ0v) is 9.48. The van der Waals surface area contributed by atoms with Crippen molar-refractivity contribution in [1.82, 2.24) is 9.80 Å². The molecule has 0 saturated carbocycles. The lowest BCUT2D eigenvalue weighted by molar-refractivity contribution is -0.131. The van der Waals surface area contributed by atoms with Crippen LogP contribution in [-0.2, 0) is 4.79 Å². The quantitative estimate of drug-likeness (QED) is 0.639. The minimum atomic E-state index is 0.508. The largest absolute Gasteiger partial charge is 0.303 e. The monoisotopic (exact) mass is 208 g/mol. The van der Waals surface area contributed by atoms with Gasteiger partial charge >= 0.3 is 0 Å². The summed E-state index contributed by atoms with van der Waals surface area (Å²) < 4.78 is 0. The average Bonchev–Trinajstić information content (AvgIpc) is 2.12. The normalized spacial score (nSPS) is 39.1. The first kappa shape index (κ1) is 9.79. The molecule has 2 unspecified atom stereocenters. The number of nitrogens with zero attached hydrogens (tertiary/aromatic N) is 2. The SMILES string of the molecule is CN1CC(N2C3CCCC2CC(=O)C3)C1. The third kappa shape index (κ3) is 1.62. The highest BCUT2D eigenvalue weighted by Crippen LogP contribution is 2.35. The topological polar surface area (TPSA) is 23.6 Å². The Balaban J connectivity index is 1.74. The number of carbonyl (C=O) groups is 1. The highest BCUT2D eigenvalue weighted by Gasteiger charge is 2.43. The molecule has 3 rings (SSSR count). The first-order valence-electron chi connectivity index (χ1n) is 6.21. The van der Waals surface area contributed by atoms with Crippen molar-refractivity contribution in [3.63, 3.8) is 0 Å². The first-order chi connectivity index (χ1) is 7.24. The maximum absolute atomic E-state index is 11.6. The van der Waals surface area contributed by atoms with Gasteiger partial charge < -0.3 is 4.90 Å². The van der Waals surface area contributed by atoms with E-state index in [4.69, 9.17) is 0 Å². The standard InChI is InChI=1S/C12H20N2O/c1-13-7-11(8-13)14-9-3-2-4-10(14)6-12(15)5-9/h9-11H,2-8H2,1H3. The summed E-state index contributed by atoms with van der Waals surface area (Å²) in [6.45, 7) is 2.42. The molecule has 0 aliphatic carbocycles. The van der Waals surface area contributed by atoms with Gasteiger partial charge in [0.2, 0.25) is 0 Å². The van der Waals surface area contributed by atoms with Crippen LogP contribution in [0.5, 0.6) is 0 Å². The molecule has 0 radical (unpaired) electrons. The molecule has 84 valence electrons. The van der Waals surface area contributed by atoms with Crippen LogP contribution in [-0.4, -0.2) is 53.8 Å². The second kappa shape index (κ2) is 3.56. The summed E-state index contributed by atoms with van der Waals surface area (Å²) in [7, 11) is 2.18. The van der Waals surface area contributed by atoms with E-state index in [0.29, 0.717) is 17.9 Å². The van der Waals surface area contributed by atoms with Crippen molar-refractivity contribution < 1.29 is 4.79 Å². The number of fused-ring (bicyclic) bond motifs is 2. The van der Waals surface area contributed by atoms with Gasteiger partial charge in [-0.25, -0.2) is 0 Å². The fourth-order valence-electron chi connectivity index (χ4n) is 3.66. The molecule has 2 atom stereocenters. The lowest BCUT2D eigenvalue weighted by atomic mass is 9.81. The van der Waals surface area contributed by atoms with Crippen LogP contribution in [0.25, 0.3) is 0 Å². The van der Waals surface area contributed by atoms with Gasteiger partial charge in [-0.2, -0.15) is 0 Å². The van der Waals surface area contributed by atoms with Crippen LogP contribution < -0.4 is 0 Å². The molecule has 0 aromatic rings. The van der Waals surface area contributed by atoms with Gasteiger partial charge in [0.15, 0.2) is 0 Å². The predicted molar refractivity (Wildman–Crippen MR) is 58.8 cm³/mol. The van der Waals surface area contributed by atoms with Crippen LogP contribution >= 0.6 is 0 Å². The van der Waals surface area contributed by atoms with E-state index in [-0.39, 0.29) is 0 Å². The van der Waals surface area contributed by atoms with Gasteiger partial charge in [0.05, 0.1) is 0 Å². The lowest BCUT2D eigenvalue weighted by Crippen LogP contribution is -2.66. The minimum absolute atomic E-state index is 0.508. The molecule has 3 aliphatic rings. The molecular formula is C12H20N2O. The molecule has 3 fully saturated rings. The highest BCUT2D eigenvalue weighted by atomic mass is 16.1. The number of Topliss-reactive ketones (excluding diaryl/α,β-unsaturated/α-hetero) is 1. The Morgan fingerprint density at radius 3 is 2.20 bits per heavy atom. The number of hydrogen-bond donors (Lipinski definition) is 0. The fourth-order valence-corrected chi connectivity index (χ4v) is 3.66. The molecule has 2 bridgehead atoms. The highest BCUT2D eigenvalue weighted by molar-refractivity contribution is 5.80. The molecule has 15 heavy (non-hydrogen) atoms. The Bertz CT molecular complexity index is 257. The van der Waals surface area contributed by atoms with Crippen LogP contribution in [0, 0.1) is 0 Å². The van der Waals surface area contributed by atoms with E-state index >= 15 is 0 Å². The number of hydrogen-bond acceptors (Lipinski definition) is 3. The van der Waals surface area contributed by atoms with Crippen molar-refractivity contribution in [2.24, 2.45) is 0 Å². The van der Waals surface area contributed by atoms with Crippen LogP contribution in [0.4, 0.5) is 0 Å². The average molecular weight is 208 g/mol. The van der Waals surface area contributed by atoms with Gasteiger partial charge in [0.1, 0.15) is 5.78 Å². The summed E-state index contributed by atoms with van der Waals surface area (Å²) in [5.41, 5.74) is 0. The zero-order chi connectivity index (χ0) is 10.4. The van der Waals surface area contributed by atoms with E-state index in [9.17, 15) is 4.79 Å². The second-order valence-corrected chi connectivity index (χ2v) is 5.51. The van der Waals surface area contributed by atoms with Gasteiger partial charge in [-0.05, 0) is 19.9 Å². The second-order valence-electron chi connectivity index (χ2n) is 5.51. The van der Waals surface area contributed by atoms with Gasteiger partial charge in [0.25, 0.3) is 0 Å². The summed E-state index contributed by atoms with van der Waals surface area (Å²) in [6.07, 6.45) is 5.50. The molecule has 0 amide bonds. The van der Waals surface area contributed by atoms with E-state index in [0.717, 1.165) is 18.9 Å². The van der Waals surface area contributed by atoms with Crippen molar-refractivity contribution in [2.75, 3.05) is 20.1 Å². The summed E-state index contributed by atoms with van der Waals surface area (Å²) in [5, 5.41) is 0. The van der Waals surface area contributed by atoms with E-state index in [2.05, 4.69) is 16.8 Å². The molecular weight excluding hydrogens is 188 g/mol. The van der Waals surface area contributed by atoms with Crippen molar-refractivity contribution in [3.8, 4) is 0 Å². The Labute approximate surface area is 91.4 Å². The van der Waals surface area contributed by atoms with Crippen LogP contribution in [0.15, 0.2) is 0 Å². The number of carbonyl (C=O) groups excluding carboxylic acids is 1. The summed E-state index contributed by atoms with van der Waals surface area (Å²) in [4.78, 5) is 16.6. The molecule has 0 N–H and O–H groups in total. The molecule has 0 spiro atoms. The maximum atomic E-state index is 11.6. The van der Waals surface area contributed by atoms with E-state index < -0.39 is 0 Å². The fraction of sp³-hybridized carbons (Fsp3) is 0.917. The third-order valence-electron chi connectivity index (χ3n) is 4.31. The molecule has 0 aromatic heterocycles. The summed E-state index contributed by atoms with van der Waals surface area (Å²) >= 11 is 0. The van der Waals surface area contributed by atoms with Crippen LogP contribution in [0.2, 0.25) is 0 Å². The summed E-state index contributed by atoms with van der Waals surface area (Å²) in [6, 6.07) is 1.92. The Kier molecular flexibility index (Phi) is 2.33. The number of ketones is 1. The van der Waals surface area contributed by atoms with E-state index in [1.165, 1.54) is 32.4 Å². The summed E-state index contributed by atoms with van der Waals surface area (Å²) in [5.74, 6) is 0.508. The molecule has 0 aromatic carbocycles. The third-order valence-corrected chi connectivity index (χ3v) is 4.31. The molecule has 3 saturated heterocycles. The van der Waals surface area contributed by atoms with Crippen molar-refractivity contribution in [1.29, 1.82) is 0 Å². The molecule has 3 aliphatic heterocycles. The smallest absolute Gasteiger partial charge is 0.136 e. The Morgan fingerprint density at radius 2 is 1.67 bits per heavy atom. The van der Waals surface area contributed by atoms with Gasteiger partial charge in [-0.15, -0.1) is 0 Å². The first-order valence-corrected chi connectivity index (χ1v) is 6.21. The van der Waals surface area contributed by atoms with Crippen LogP contribution in [0.1, 0.15) is 32.1 Å². The maximum Gasteiger partial charge on any atom is 0.136 e. The van der Waals surface area contributed by atoms with E-state index in [1.54, 1.807) is 0 Å². The molecule has 3 nitrogen and oxygen atoms in total. The zero-order valence-electron chi connectivity index (χ0n) is 9.48. The van der Waals surface area contributed by atoms with Crippen LogP contribution in [0.3, 0.4) is 0 Å². The predicted octanol–water partition coefficient (Wildman–Crippen LogP) is 0.886. The van der Waals surface area contributed by atoms with Crippen molar-refractivity contribution in [2.45, 2.75) is 50.2 Å². The molecule has 3 heterocycles. The minimum Gasteiger partial charge on any atom is -0.303 e. The van der Waals surface area contributed by atoms with Crippen molar-refractivity contribution >= 4 is 5.78 Å². The Morgan fingerprint density at radius 1 is 1.07 bits per heavy atom. The number of piperidine rings is 2. The molecule has 3 heteroatoms. The van der Waals surface area contributed by atoms with E-state index in [1.807, 2.05) is 0 Å². The number of rotatable bonds is 1. The number of likely N-dealkylation sites (N-methyl/N-ethyl adjacent to an activating group) is 1. The van der Waals surface area contributed by atoms with Crippen molar-refractivity contribution in [3.05, 3.63) is 0 Å². The lowest BCUT2D eigenvalue weighted by Gasteiger charge is -2.54. The van der Waals surface area contributed by atoms with Gasteiger partial charge in [-0.1, -0.05) is 6.42 Å².